The van der Waals surface area contributed by atoms with Crippen molar-refractivity contribution in [3.8, 4) is 5.75 Å². The topological polar surface area (TPSA) is 49.8 Å². The van der Waals surface area contributed by atoms with Gasteiger partial charge in [-0.25, -0.2) is 4.79 Å². The van der Waals surface area contributed by atoms with Crippen molar-refractivity contribution >= 4 is 5.97 Å². The molecule has 0 aliphatic carbocycles. The number of hydrogen-bond acceptors (Lipinski definition) is 3. The lowest BCUT2D eigenvalue weighted by molar-refractivity contribution is -0.131. The van der Waals surface area contributed by atoms with Gasteiger partial charge in [0.15, 0.2) is 0 Å². The summed E-state index contributed by atoms with van der Waals surface area (Å²) in [5, 5.41) is 8.99. The summed E-state index contributed by atoms with van der Waals surface area (Å²) >= 11 is 0. The molecule has 0 spiro atoms. The van der Waals surface area contributed by atoms with Gasteiger partial charge in [0.25, 0.3) is 0 Å². The van der Waals surface area contributed by atoms with Crippen molar-refractivity contribution in [1.29, 1.82) is 0 Å². The first-order valence-corrected chi connectivity index (χ1v) is 8.47. The molecule has 0 radical (unpaired) electrons. The predicted molar refractivity (Wildman–Crippen MR) is 97.7 cm³/mol. The Morgan fingerprint density at radius 3 is 2.72 bits per heavy atom. The van der Waals surface area contributed by atoms with Crippen LogP contribution in [0.1, 0.15) is 17.0 Å². The van der Waals surface area contributed by atoms with Crippen LogP contribution in [-0.4, -0.2) is 36.2 Å². The van der Waals surface area contributed by atoms with Crippen molar-refractivity contribution in [2.24, 2.45) is 5.92 Å². The first-order chi connectivity index (χ1) is 12.2. The second-order valence-corrected chi connectivity index (χ2v) is 6.42. The van der Waals surface area contributed by atoms with E-state index in [1.54, 1.807) is 7.11 Å². The van der Waals surface area contributed by atoms with E-state index in [1.165, 1.54) is 17.2 Å². The molecule has 4 heteroatoms. The fraction of sp³-hybridized carbons (Fsp3) is 0.286. The van der Waals surface area contributed by atoms with Gasteiger partial charge < -0.3 is 9.84 Å². The molecule has 2 aromatic rings. The zero-order chi connectivity index (χ0) is 17.6. The highest BCUT2D eigenvalue weighted by Gasteiger charge is 2.32. The average molecular weight is 337 g/mol. The van der Waals surface area contributed by atoms with Gasteiger partial charge in [-0.1, -0.05) is 48.5 Å². The Morgan fingerprint density at radius 2 is 2.00 bits per heavy atom. The maximum Gasteiger partial charge on any atom is 0.327 e. The van der Waals surface area contributed by atoms with E-state index >= 15 is 0 Å². The Morgan fingerprint density at radius 1 is 1.20 bits per heavy atom. The summed E-state index contributed by atoms with van der Waals surface area (Å²) < 4.78 is 5.34. The van der Waals surface area contributed by atoms with Crippen LogP contribution in [0.25, 0.3) is 0 Å². The highest BCUT2D eigenvalue weighted by atomic mass is 16.5. The third-order valence-electron chi connectivity index (χ3n) is 4.70. The third kappa shape index (κ3) is 4.48. The Hall–Kier alpha value is -2.59. The van der Waals surface area contributed by atoms with Gasteiger partial charge in [0.2, 0.25) is 0 Å². The number of rotatable bonds is 6. The van der Waals surface area contributed by atoms with Crippen LogP contribution in [0.15, 0.2) is 66.7 Å². The van der Waals surface area contributed by atoms with Gasteiger partial charge in [0.05, 0.1) is 7.11 Å². The standard InChI is InChI=1S/C21H23NO3/c1-25-19-9-5-8-17(12-19)20-15-22(13-16-6-3-2-4-7-16)14-18(20)10-11-21(23)24/h2-12,18,20H,13-15H2,1H3,(H,23,24)/b11-10+/t18-,20+/m0/s1. The fourth-order valence-electron chi connectivity index (χ4n) is 3.51. The average Bonchev–Trinajstić information content (AvgIpc) is 3.03. The van der Waals surface area contributed by atoms with E-state index in [0.717, 1.165) is 25.4 Å². The third-order valence-corrected chi connectivity index (χ3v) is 4.70. The number of hydrogen-bond donors (Lipinski definition) is 1. The first-order valence-electron chi connectivity index (χ1n) is 8.47. The minimum absolute atomic E-state index is 0.173. The quantitative estimate of drug-likeness (QED) is 0.819. The summed E-state index contributed by atoms with van der Waals surface area (Å²) in [5.74, 6) is 0.368. The molecule has 0 aromatic heterocycles. The number of carbonyl (C=O) groups is 1. The molecule has 25 heavy (non-hydrogen) atoms. The van der Waals surface area contributed by atoms with Crippen molar-refractivity contribution < 1.29 is 14.6 Å². The molecule has 2 atom stereocenters. The zero-order valence-corrected chi connectivity index (χ0v) is 14.3. The molecule has 0 bridgehead atoms. The predicted octanol–water partition coefficient (Wildman–Crippen LogP) is 3.55. The van der Waals surface area contributed by atoms with Gasteiger partial charge in [-0.3, -0.25) is 4.90 Å². The zero-order valence-electron chi connectivity index (χ0n) is 14.3. The molecule has 0 saturated carbocycles. The van der Waals surface area contributed by atoms with E-state index in [4.69, 9.17) is 9.84 Å². The van der Waals surface area contributed by atoms with E-state index < -0.39 is 5.97 Å². The maximum atomic E-state index is 11.0. The smallest absolute Gasteiger partial charge is 0.327 e. The van der Waals surface area contributed by atoms with Crippen LogP contribution in [0, 0.1) is 5.92 Å². The number of likely N-dealkylation sites (tertiary alicyclic amines) is 1. The lowest BCUT2D eigenvalue weighted by Crippen LogP contribution is -2.20. The molecule has 2 aromatic carbocycles. The Bertz CT molecular complexity index is 742. The molecular formula is C21H23NO3. The number of benzene rings is 2. The van der Waals surface area contributed by atoms with E-state index in [1.807, 2.05) is 36.4 Å². The van der Waals surface area contributed by atoms with Crippen molar-refractivity contribution in [2.45, 2.75) is 12.5 Å². The van der Waals surface area contributed by atoms with E-state index in [-0.39, 0.29) is 11.8 Å². The molecular weight excluding hydrogens is 314 g/mol. The van der Waals surface area contributed by atoms with Crippen LogP contribution >= 0.6 is 0 Å². The van der Waals surface area contributed by atoms with Crippen LogP contribution < -0.4 is 4.74 Å². The molecule has 3 rings (SSSR count). The van der Waals surface area contributed by atoms with Crippen molar-refractivity contribution in [3.05, 3.63) is 77.9 Å². The summed E-state index contributed by atoms with van der Waals surface area (Å²) in [5.41, 5.74) is 2.46. The van der Waals surface area contributed by atoms with Gasteiger partial charge in [-0.05, 0) is 29.2 Å². The number of nitrogens with zero attached hydrogens (tertiary/aromatic N) is 1. The minimum atomic E-state index is -0.897. The Labute approximate surface area is 148 Å². The number of methoxy groups -OCH3 is 1. The molecule has 0 amide bonds. The normalized spacial score (nSPS) is 20.8. The monoisotopic (exact) mass is 337 g/mol. The minimum Gasteiger partial charge on any atom is -0.497 e. The summed E-state index contributed by atoms with van der Waals surface area (Å²) in [7, 11) is 1.66. The molecule has 1 heterocycles. The van der Waals surface area contributed by atoms with E-state index in [9.17, 15) is 4.79 Å². The van der Waals surface area contributed by atoms with Crippen LogP contribution in [0.4, 0.5) is 0 Å². The lowest BCUT2D eigenvalue weighted by atomic mass is 9.88. The van der Waals surface area contributed by atoms with Crippen LogP contribution in [0.5, 0.6) is 5.75 Å². The SMILES string of the molecule is COc1cccc([C@H]2CN(Cc3ccccc3)C[C@@H]2/C=C/C(=O)O)c1. The van der Waals surface area contributed by atoms with Gasteiger partial charge in [-0.15, -0.1) is 0 Å². The molecule has 130 valence electrons. The molecule has 1 N–H and O–H groups in total. The van der Waals surface area contributed by atoms with Crippen LogP contribution in [0.3, 0.4) is 0 Å². The fourth-order valence-corrected chi connectivity index (χ4v) is 3.51. The van der Waals surface area contributed by atoms with Gasteiger partial charge in [0, 0.05) is 31.6 Å². The van der Waals surface area contributed by atoms with Crippen LogP contribution in [0.2, 0.25) is 0 Å². The summed E-state index contributed by atoms with van der Waals surface area (Å²) in [6, 6.07) is 18.4. The first kappa shape index (κ1) is 17.2. The van der Waals surface area contributed by atoms with Crippen molar-refractivity contribution in [2.75, 3.05) is 20.2 Å². The maximum absolute atomic E-state index is 11.0. The van der Waals surface area contributed by atoms with Gasteiger partial charge >= 0.3 is 5.97 Å². The van der Waals surface area contributed by atoms with E-state index in [2.05, 4.69) is 29.2 Å². The summed E-state index contributed by atoms with van der Waals surface area (Å²) in [6.45, 7) is 2.62. The second-order valence-electron chi connectivity index (χ2n) is 6.42. The number of ether oxygens (including phenoxy) is 1. The van der Waals surface area contributed by atoms with Gasteiger partial charge in [-0.2, -0.15) is 0 Å². The Balaban J connectivity index is 1.81. The van der Waals surface area contributed by atoms with Crippen molar-refractivity contribution in [1.82, 2.24) is 4.90 Å². The largest absolute Gasteiger partial charge is 0.497 e. The summed E-state index contributed by atoms with van der Waals surface area (Å²) in [4.78, 5) is 13.3. The number of carboxylic acids is 1. The second kappa shape index (κ2) is 7.99. The highest BCUT2D eigenvalue weighted by Crippen LogP contribution is 2.35. The molecule has 1 fully saturated rings. The van der Waals surface area contributed by atoms with Crippen molar-refractivity contribution in [3.63, 3.8) is 0 Å². The van der Waals surface area contributed by atoms with Gasteiger partial charge in [0.1, 0.15) is 5.75 Å². The number of carboxylic acid groups (broad SMARTS) is 1. The highest BCUT2D eigenvalue weighted by molar-refractivity contribution is 5.79. The molecule has 1 saturated heterocycles. The molecule has 4 nitrogen and oxygen atoms in total. The summed E-state index contributed by atoms with van der Waals surface area (Å²) in [6.07, 6.45) is 3.10. The Kier molecular flexibility index (Phi) is 5.51. The van der Waals surface area contributed by atoms with E-state index in [0.29, 0.717) is 0 Å². The van der Waals surface area contributed by atoms with Crippen LogP contribution in [-0.2, 0) is 11.3 Å². The molecule has 0 unspecified atom stereocenters. The lowest BCUT2D eigenvalue weighted by Gasteiger charge is -2.17. The molecule has 1 aliphatic rings. The molecule has 1 aliphatic heterocycles. The number of aliphatic carboxylic acids is 1.